The molecule has 1 atom stereocenters. The second-order valence-electron chi connectivity index (χ2n) is 11.2. The molecule has 2 aliphatic carbocycles. The third kappa shape index (κ3) is 4.93. The fourth-order valence-electron chi connectivity index (χ4n) is 5.90. The first-order valence-corrected chi connectivity index (χ1v) is 13.3. The maximum absolute atomic E-state index is 9.47. The molecule has 2 aliphatic rings. The van der Waals surface area contributed by atoms with Gasteiger partial charge >= 0.3 is 0 Å². The number of anilines is 3. The molecule has 0 aliphatic heterocycles. The van der Waals surface area contributed by atoms with Gasteiger partial charge in [0.05, 0.1) is 12.6 Å². The van der Waals surface area contributed by atoms with E-state index in [0.717, 1.165) is 41.9 Å². The first-order chi connectivity index (χ1) is 18.3. The Morgan fingerprint density at radius 1 is 0.868 bits per heavy atom. The van der Waals surface area contributed by atoms with Crippen LogP contribution in [-0.4, -0.2) is 0 Å². The van der Waals surface area contributed by atoms with E-state index in [1.165, 1.54) is 27.8 Å². The monoisotopic (exact) mass is 495 g/mol. The molecular weight excluding hydrogens is 462 g/mol. The molecule has 0 heterocycles. The van der Waals surface area contributed by atoms with Gasteiger partial charge in [-0.15, -0.1) is 0 Å². The van der Waals surface area contributed by atoms with E-state index in [1.54, 1.807) is 0 Å². The first-order valence-electron chi connectivity index (χ1n) is 13.3. The lowest BCUT2D eigenvalue weighted by Crippen LogP contribution is -2.31. The zero-order chi connectivity index (χ0) is 26.9. The van der Waals surface area contributed by atoms with Crippen molar-refractivity contribution < 1.29 is 0 Å². The van der Waals surface area contributed by atoms with E-state index in [2.05, 4.69) is 128 Å². The molecule has 3 nitrogen and oxygen atoms in total. The number of fused-ring (bicyclic) bond motifs is 1. The maximum Gasteiger partial charge on any atom is 0.265 e. The quantitative estimate of drug-likeness (QED) is 0.266. The van der Waals surface area contributed by atoms with Crippen LogP contribution in [0.2, 0.25) is 0 Å². The van der Waals surface area contributed by atoms with E-state index in [1.807, 2.05) is 0 Å². The summed E-state index contributed by atoms with van der Waals surface area (Å²) in [4.78, 5) is 5.79. The Labute approximate surface area is 226 Å². The summed E-state index contributed by atoms with van der Waals surface area (Å²) in [5.41, 5.74) is 10.8. The SMILES string of the molecule is [C-]#[N+]/C(C#N)=C1\C=C2C=C(c3ccc(N(c4ccc(C)cc4)c4ccc(C)cc4)cc3)CCC2C(C)(C)C1. The van der Waals surface area contributed by atoms with Crippen molar-refractivity contribution in [3.05, 3.63) is 130 Å². The fraction of sp³-hybridized carbons (Fsp3) is 0.257. The van der Waals surface area contributed by atoms with Crippen LogP contribution < -0.4 is 4.90 Å². The molecule has 1 unspecified atom stereocenters. The number of allylic oxidation sites excluding steroid dienone is 6. The Hall–Kier alpha value is -4.34. The molecule has 3 aromatic rings. The Morgan fingerprint density at radius 2 is 1.39 bits per heavy atom. The number of hydrogen-bond donors (Lipinski definition) is 0. The number of benzene rings is 3. The topological polar surface area (TPSA) is 31.4 Å². The standard InChI is InChI=1S/C35H33N3/c1-24-6-13-30(14-7-24)38(31-15-8-25(2)9-16-31)32-17-10-26(11-18-32)27-12-19-33-28(20-27)21-29(22-35(33,3)4)34(23-36)37-5/h6-11,13-18,20-21,33H,12,19,22H2,1-4H3/b34-29+. The molecule has 0 fully saturated rings. The second kappa shape index (κ2) is 10.2. The van der Waals surface area contributed by atoms with Crippen LogP contribution in [0.4, 0.5) is 17.1 Å². The average Bonchev–Trinajstić information content (AvgIpc) is 2.91. The van der Waals surface area contributed by atoms with E-state index >= 15 is 0 Å². The van der Waals surface area contributed by atoms with Crippen molar-refractivity contribution in [2.45, 2.75) is 47.0 Å². The summed E-state index contributed by atoms with van der Waals surface area (Å²) in [6, 6.07) is 28.3. The Kier molecular flexibility index (Phi) is 6.79. The van der Waals surface area contributed by atoms with Gasteiger partial charge < -0.3 is 4.90 Å². The van der Waals surface area contributed by atoms with Gasteiger partial charge in [-0.05, 0) is 103 Å². The predicted octanol–water partition coefficient (Wildman–Crippen LogP) is 9.62. The number of hydrogen-bond acceptors (Lipinski definition) is 2. The second-order valence-corrected chi connectivity index (χ2v) is 11.2. The molecule has 3 heteroatoms. The first kappa shape index (κ1) is 25.3. The van der Waals surface area contributed by atoms with E-state index in [4.69, 9.17) is 6.57 Å². The number of nitrogens with zero attached hydrogens (tertiary/aromatic N) is 3. The summed E-state index contributed by atoms with van der Waals surface area (Å²) >= 11 is 0. The largest absolute Gasteiger partial charge is 0.311 e. The molecule has 0 saturated carbocycles. The molecule has 3 aromatic carbocycles. The molecule has 0 saturated heterocycles. The van der Waals surface area contributed by atoms with Crippen LogP contribution in [0.3, 0.4) is 0 Å². The van der Waals surface area contributed by atoms with Crippen LogP contribution in [0.5, 0.6) is 0 Å². The zero-order valence-electron chi connectivity index (χ0n) is 22.6. The molecule has 0 radical (unpaired) electrons. The highest BCUT2D eigenvalue weighted by Gasteiger charge is 2.38. The Bertz CT molecular complexity index is 1460. The Morgan fingerprint density at radius 3 is 1.89 bits per heavy atom. The van der Waals surface area contributed by atoms with Crippen LogP contribution in [-0.2, 0) is 0 Å². The highest BCUT2D eigenvalue weighted by atomic mass is 15.1. The van der Waals surface area contributed by atoms with Crippen molar-refractivity contribution in [2.75, 3.05) is 4.90 Å². The summed E-state index contributed by atoms with van der Waals surface area (Å²) in [6.07, 6.45) is 7.30. The van der Waals surface area contributed by atoms with Crippen LogP contribution >= 0.6 is 0 Å². The third-order valence-electron chi connectivity index (χ3n) is 7.98. The third-order valence-corrected chi connectivity index (χ3v) is 7.98. The zero-order valence-corrected chi connectivity index (χ0v) is 22.6. The van der Waals surface area contributed by atoms with Crippen LogP contribution in [0, 0.1) is 43.1 Å². The summed E-state index contributed by atoms with van der Waals surface area (Å²) in [5, 5.41) is 9.47. The lowest BCUT2D eigenvalue weighted by molar-refractivity contribution is 0.227. The summed E-state index contributed by atoms with van der Waals surface area (Å²) in [7, 11) is 0. The van der Waals surface area contributed by atoms with Crippen molar-refractivity contribution in [1.29, 1.82) is 5.26 Å². The molecule has 0 bridgehead atoms. The van der Waals surface area contributed by atoms with Gasteiger partial charge in [0.2, 0.25) is 0 Å². The van der Waals surface area contributed by atoms with Gasteiger partial charge in [0, 0.05) is 17.1 Å². The molecule has 0 N–H and O–H groups in total. The van der Waals surface area contributed by atoms with Gasteiger partial charge in [-0.1, -0.05) is 73.5 Å². The van der Waals surface area contributed by atoms with Crippen molar-refractivity contribution in [1.82, 2.24) is 0 Å². The lowest BCUT2D eigenvalue weighted by Gasteiger charge is -2.42. The van der Waals surface area contributed by atoms with Crippen molar-refractivity contribution >= 4 is 22.6 Å². The number of aryl methyl sites for hydroxylation is 2. The van der Waals surface area contributed by atoms with Crippen LogP contribution in [0.25, 0.3) is 10.4 Å². The smallest absolute Gasteiger partial charge is 0.265 e. The van der Waals surface area contributed by atoms with Gasteiger partial charge in [0.15, 0.2) is 0 Å². The van der Waals surface area contributed by atoms with Gasteiger partial charge in [-0.2, -0.15) is 0 Å². The minimum absolute atomic E-state index is 0.0284. The summed E-state index contributed by atoms with van der Waals surface area (Å²) in [6.45, 7) is 16.2. The van der Waals surface area contributed by atoms with Crippen LogP contribution in [0.1, 0.15) is 49.8 Å². The van der Waals surface area contributed by atoms with Gasteiger partial charge in [-0.3, -0.25) is 0 Å². The van der Waals surface area contributed by atoms with E-state index in [0.29, 0.717) is 5.92 Å². The summed E-state index contributed by atoms with van der Waals surface area (Å²) < 4.78 is 0. The number of nitriles is 1. The highest BCUT2D eigenvalue weighted by molar-refractivity contribution is 5.79. The molecule has 38 heavy (non-hydrogen) atoms. The maximum atomic E-state index is 9.47. The lowest BCUT2D eigenvalue weighted by atomic mass is 9.62. The molecule has 5 rings (SSSR count). The van der Waals surface area contributed by atoms with E-state index < -0.39 is 0 Å². The molecule has 0 aromatic heterocycles. The minimum Gasteiger partial charge on any atom is -0.311 e. The Balaban J connectivity index is 1.51. The van der Waals surface area contributed by atoms with Crippen molar-refractivity contribution in [2.24, 2.45) is 11.3 Å². The van der Waals surface area contributed by atoms with Gasteiger partial charge in [0.25, 0.3) is 5.70 Å². The predicted molar refractivity (Wildman–Crippen MR) is 157 cm³/mol. The average molecular weight is 496 g/mol. The van der Waals surface area contributed by atoms with E-state index in [9.17, 15) is 5.26 Å². The van der Waals surface area contributed by atoms with E-state index in [-0.39, 0.29) is 11.1 Å². The minimum atomic E-state index is 0.0284. The fourth-order valence-corrected chi connectivity index (χ4v) is 5.90. The molecule has 188 valence electrons. The van der Waals surface area contributed by atoms with Crippen LogP contribution in [0.15, 0.2) is 102 Å². The molecule has 0 amide bonds. The normalized spacial score (nSPS) is 19.3. The number of rotatable bonds is 4. The summed E-state index contributed by atoms with van der Waals surface area (Å²) in [5.74, 6) is 0.443. The van der Waals surface area contributed by atoms with Crippen molar-refractivity contribution in [3.8, 4) is 6.07 Å². The van der Waals surface area contributed by atoms with Gasteiger partial charge in [-0.25, -0.2) is 10.1 Å². The molecule has 0 spiro atoms. The van der Waals surface area contributed by atoms with Gasteiger partial charge in [0.1, 0.15) is 0 Å². The van der Waals surface area contributed by atoms with Crippen molar-refractivity contribution in [3.63, 3.8) is 0 Å². The molecular formula is C35H33N3. The highest BCUT2D eigenvalue weighted by Crippen LogP contribution is 2.50.